The third-order valence-electron chi connectivity index (χ3n) is 5.83. The Morgan fingerprint density at radius 1 is 0.966 bits per heavy atom. The van der Waals surface area contributed by atoms with E-state index in [0.717, 1.165) is 11.4 Å². The molecule has 0 atom stereocenters. The van der Waals surface area contributed by atoms with Gasteiger partial charge < -0.3 is 4.43 Å². The number of hydrogen-bond acceptors (Lipinski definition) is 5. The minimum atomic E-state index is -1.78. The summed E-state index contributed by atoms with van der Waals surface area (Å²) in [5, 5.41) is 0.174. The number of aromatic nitrogens is 2. The van der Waals surface area contributed by atoms with Crippen LogP contribution in [0.25, 0.3) is 0 Å². The first kappa shape index (κ1) is 21.3. The SMILES string of the molecule is CC(C)(C)[Si](C)(C)OCCc1cncc(CCN2C(=O)c3ccccc3C2=O)n1. The molecule has 6 nitrogen and oxygen atoms in total. The zero-order chi connectivity index (χ0) is 21.2. The summed E-state index contributed by atoms with van der Waals surface area (Å²) in [4.78, 5) is 35.1. The molecule has 2 aromatic rings. The summed E-state index contributed by atoms with van der Waals surface area (Å²) in [6, 6.07) is 6.93. The van der Waals surface area contributed by atoms with Crippen molar-refractivity contribution in [1.29, 1.82) is 0 Å². The van der Waals surface area contributed by atoms with Gasteiger partial charge in [0, 0.05) is 38.4 Å². The predicted molar refractivity (Wildman–Crippen MR) is 114 cm³/mol. The lowest BCUT2D eigenvalue weighted by molar-refractivity contribution is 0.0656. The molecule has 7 heteroatoms. The number of rotatable bonds is 7. The smallest absolute Gasteiger partial charge is 0.261 e. The Hall–Kier alpha value is -2.38. The Kier molecular flexibility index (Phi) is 6.00. The number of amides is 2. The zero-order valence-electron chi connectivity index (χ0n) is 17.9. The Bertz CT molecular complexity index is 887. The van der Waals surface area contributed by atoms with E-state index in [1.807, 2.05) is 0 Å². The van der Waals surface area contributed by atoms with Gasteiger partial charge in [-0.25, -0.2) is 0 Å². The quantitative estimate of drug-likeness (QED) is 0.511. The monoisotopic (exact) mass is 411 g/mol. The maximum atomic E-state index is 12.5. The normalized spacial score (nSPS) is 14.4. The Balaban J connectivity index is 1.57. The van der Waals surface area contributed by atoms with Crippen LogP contribution in [0.2, 0.25) is 18.1 Å². The molecule has 0 fully saturated rings. The number of benzene rings is 1. The fourth-order valence-corrected chi connectivity index (χ4v) is 4.03. The molecule has 29 heavy (non-hydrogen) atoms. The first-order chi connectivity index (χ1) is 13.6. The highest BCUT2D eigenvalue weighted by Crippen LogP contribution is 2.36. The van der Waals surface area contributed by atoms with Crippen LogP contribution in [0.5, 0.6) is 0 Å². The molecule has 2 heterocycles. The molecule has 1 aliphatic heterocycles. The first-order valence-electron chi connectivity index (χ1n) is 9.99. The van der Waals surface area contributed by atoms with E-state index in [4.69, 9.17) is 4.43 Å². The average molecular weight is 412 g/mol. The summed E-state index contributed by atoms with van der Waals surface area (Å²) in [5.74, 6) is -0.477. The molecule has 1 aromatic heterocycles. The van der Waals surface area contributed by atoms with Crippen molar-refractivity contribution in [3.63, 3.8) is 0 Å². The van der Waals surface area contributed by atoms with Crippen molar-refractivity contribution >= 4 is 20.1 Å². The molecule has 0 N–H and O–H groups in total. The lowest BCUT2D eigenvalue weighted by atomic mass is 10.1. The number of fused-ring (bicyclic) bond motifs is 1. The standard InChI is InChI=1S/C22H29N3O3Si/c1-22(2,3)29(4,5)28-13-11-17-15-23-14-16(24-17)10-12-25-20(26)18-8-6-7-9-19(18)21(25)27/h6-9,14-15H,10-13H2,1-5H3. The van der Waals surface area contributed by atoms with Crippen LogP contribution in [-0.2, 0) is 17.3 Å². The van der Waals surface area contributed by atoms with Crippen LogP contribution in [0, 0.1) is 0 Å². The van der Waals surface area contributed by atoms with Crippen molar-refractivity contribution in [3.05, 3.63) is 59.2 Å². The fourth-order valence-electron chi connectivity index (χ4n) is 2.99. The molecule has 1 aromatic carbocycles. The van der Waals surface area contributed by atoms with E-state index >= 15 is 0 Å². The van der Waals surface area contributed by atoms with Gasteiger partial charge >= 0.3 is 0 Å². The molecule has 154 valence electrons. The van der Waals surface area contributed by atoms with Gasteiger partial charge in [-0.1, -0.05) is 32.9 Å². The maximum absolute atomic E-state index is 12.5. The van der Waals surface area contributed by atoms with Crippen LogP contribution in [0.1, 0.15) is 52.9 Å². The minimum Gasteiger partial charge on any atom is -0.416 e. The summed E-state index contributed by atoms with van der Waals surface area (Å²) in [7, 11) is -1.78. The van der Waals surface area contributed by atoms with Crippen LogP contribution >= 0.6 is 0 Å². The van der Waals surface area contributed by atoms with Crippen LogP contribution < -0.4 is 0 Å². The van der Waals surface area contributed by atoms with Crippen molar-refractivity contribution in [3.8, 4) is 0 Å². The Morgan fingerprint density at radius 2 is 1.52 bits per heavy atom. The van der Waals surface area contributed by atoms with Crippen molar-refractivity contribution in [1.82, 2.24) is 14.9 Å². The lowest BCUT2D eigenvalue weighted by Crippen LogP contribution is -2.41. The molecular weight excluding hydrogens is 382 g/mol. The van der Waals surface area contributed by atoms with E-state index in [0.29, 0.717) is 37.1 Å². The van der Waals surface area contributed by atoms with Crippen molar-refractivity contribution < 1.29 is 14.0 Å². The zero-order valence-corrected chi connectivity index (χ0v) is 18.9. The van der Waals surface area contributed by atoms with Crippen molar-refractivity contribution in [2.45, 2.75) is 51.7 Å². The van der Waals surface area contributed by atoms with Gasteiger partial charge in [0.2, 0.25) is 0 Å². The highest BCUT2D eigenvalue weighted by Gasteiger charge is 2.37. The van der Waals surface area contributed by atoms with E-state index < -0.39 is 8.32 Å². The largest absolute Gasteiger partial charge is 0.416 e. The highest BCUT2D eigenvalue weighted by atomic mass is 28.4. The molecule has 0 bridgehead atoms. The summed E-state index contributed by atoms with van der Waals surface area (Å²) in [6.07, 6.45) is 4.62. The Morgan fingerprint density at radius 3 is 2.07 bits per heavy atom. The van der Waals surface area contributed by atoms with Crippen molar-refractivity contribution in [2.75, 3.05) is 13.2 Å². The molecule has 0 unspecified atom stereocenters. The van der Waals surface area contributed by atoms with E-state index in [1.54, 1.807) is 36.7 Å². The van der Waals surface area contributed by atoms with Gasteiger partial charge in [-0.05, 0) is 30.3 Å². The van der Waals surface area contributed by atoms with Gasteiger partial charge in [0.1, 0.15) is 0 Å². The van der Waals surface area contributed by atoms with E-state index in [-0.39, 0.29) is 16.9 Å². The molecule has 0 aliphatic carbocycles. The first-order valence-corrected chi connectivity index (χ1v) is 12.9. The fraction of sp³-hybridized carbons (Fsp3) is 0.455. The molecular formula is C22H29N3O3Si. The van der Waals surface area contributed by atoms with Gasteiger partial charge in [0.05, 0.1) is 22.5 Å². The molecule has 0 saturated heterocycles. The second-order valence-electron chi connectivity index (χ2n) is 8.92. The highest BCUT2D eigenvalue weighted by molar-refractivity contribution is 6.74. The van der Waals surface area contributed by atoms with Crippen molar-refractivity contribution in [2.24, 2.45) is 0 Å². The molecule has 3 rings (SSSR count). The average Bonchev–Trinajstić information content (AvgIpc) is 2.90. The third kappa shape index (κ3) is 4.62. The van der Waals surface area contributed by atoms with Gasteiger partial charge in [0.15, 0.2) is 8.32 Å². The van der Waals surface area contributed by atoms with Crippen LogP contribution in [0.15, 0.2) is 36.7 Å². The number of hydrogen-bond donors (Lipinski definition) is 0. The second-order valence-corrected chi connectivity index (χ2v) is 13.7. The number of carbonyl (C=O) groups is 2. The van der Waals surface area contributed by atoms with Crippen LogP contribution in [0.3, 0.4) is 0 Å². The summed E-state index contributed by atoms with van der Waals surface area (Å²) in [5.41, 5.74) is 2.58. The van der Waals surface area contributed by atoms with E-state index in [1.165, 1.54) is 4.90 Å². The summed E-state index contributed by atoms with van der Waals surface area (Å²) in [6.45, 7) is 12.0. The molecule has 0 saturated carbocycles. The van der Waals surface area contributed by atoms with Gasteiger partial charge in [0.25, 0.3) is 11.8 Å². The van der Waals surface area contributed by atoms with Gasteiger partial charge in [-0.15, -0.1) is 0 Å². The minimum absolute atomic E-state index is 0.174. The molecule has 0 spiro atoms. The molecule has 2 amide bonds. The number of imide groups is 1. The maximum Gasteiger partial charge on any atom is 0.261 e. The third-order valence-corrected chi connectivity index (χ3v) is 10.4. The van der Waals surface area contributed by atoms with Crippen LogP contribution in [0.4, 0.5) is 0 Å². The second kappa shape index (κ2) is 8.16. The molecule has 0 radical (unpaired) electrons. The lowest BCUT2D eigenvalue weighted by Gasteiger charge is -2.36. The summed E-state index contributed by atoms with van der Waals surface area (Å²) >= 11 is 0. The van der Waals surface area contributed by atoms with E-state index in [9.17, 15) is 9.59 Å². The number of nitrogens with zero attached hydrogens (tertiary/aromatic N) is 3. The summed E-state index contributed by atoms with van der Waals surface area (Å²) < 4.78 is 6.22. The Labute approximate surface area is 173 Å². The number of carbonyl (C=O) groups excluding carboxylic acids is 2. The van der Waals surface area contributed by atoms with Crippen LogP contribution in [-0.4, -0.2) is 48.2 Å². The predicted octanol–water partition coefficient (Wildman–Crippen LogP) is 3.88. The molecule has 1 aliphatic rings. The van der Waals surface area contributed by atoms with Gasteiger partial charge in [-0.3, -0.25) is 24.5 Å². The van der Waals surface area contributed by atoms with E-state index in [2.05, 4.69) is 43.8 Å². The van der Waals surface area contributed by atoms with Gasteiger partial charge in [-0.2, -0.15) is 0 Å². The topological polar surface area (TPSA) is 72.4 Å².